The van der Waals surface area contributed by atoms with Gasteiger partial charge in [0.1, 0.15) is 5.82 Å². The molecule has 2 aromatic rings. The van der Waals surface area contributed by atoms with E-state index >= 15 is 0 Å². The van der Waals surface area contributed by atoms with Crippen LogP contribution in [0, 0.1) is 5.92 Å². The number of thiophene rings is 1. The van der Waals surface area contributed by atoms with Gasteiger partial charge in [0.2, 0.25) is 0 Å². The SMILES string of the molecule is CCNC(=NCc1ccnc(N2CCN(C)CC2)c1)NCC(C)Cc1cccs1.I. The van der Waals surface area contributed by atoms with E-state index in [1.807, 2.05) is 17.5 Å². The Morgan fingerprint density at radius 3 is 2.73 bits per heavy atom. The summed E-state index contributed by atoms with van der Waals surface area (Å²) in [5.74, 6) is 2.50. The molecule has 1 fully saturated rings. The van der Waals surface area contributed by atoms with Crippen LogP contribution in [0.4, 0.5) is 5.82 Å². The van der Waals surface area contributed by atoms with Crippen molar-refractivity contribution < 1.29 is 0 Å². The minimum absolute atomic E-state index is 0. The number of likely N-dealkylation sites (N-methyl/N-ethyl adjacent to an activating group) is 1. The first-order valence-corrected chi connectivity index (χ1v) is 11.4. The molecular formula is C22H35IN6S. The van der Waals surface area contributed by atoms with Crippen molar-refractivity contribution in [1.29, 1.82) is 0 Å². The van der Waals surface area contributed by atoms with E-state index in [1.54, 1.807) is 0 Å². The summed E-state index contributed by atoms with van der Waals surface area (Å²) < 4.78 is 0. The average Bonchev–Trinajstić information content (AvgIpc) is 3.24. The molecule has 0 spiro atoms. The molecule has 8 heteroatoms. The van der Waals surface area contributed by atoms with Gasteiger partial charge in [-0.25, -0.2) is 9.98 Å². The lowest BCUT2D eigenvalue weighted by atomic mass is 10.1. The van der Waals surface area contributed by atoms with Crippen LogP contribution in [-0.2, 0) is 13.0 Å². The molecule has 3 rings (SSSR count). The highest BCUT2D eigenvalue weighted by molar-refractivity contribution is 14.0. The Kier molecular flexibility index (Phi) is 10.9. The van der Waals surface area contributed by atoms with Gasteiger partial charge >= 0.3 is 0 Å². The normalized spacial score (nSPS) is 16.1. The number of nitrogens with one attached hydrogen (secondary N) is 2. The van der Waals surface area contributed by atoms with Gasteiger partial charge in [-0.1, -0.05) is 13.0 Å². The molecule has 1 aliphatic heterocycles. The summed E-state index contributed by atoms with van der Waals surface area (Å²) in [5, 5.41) is 9.00. The molecule has 0 radical (unpaired) electrons. The molecular weight excluding hydrogens is 507 g/mol. The fourth-order valence-electron chi connectivity index (χ4n) is 3.39. The van der Waals surface area contributed by atoms with Crippen LogP contribution in [0.1, 0.15) is 24.3 Å². The number of pyridine rings is 1. The molecule has 1 unspecified atom stereocenters. The molecule has 0 bridgehead atoms. The number of anilines is 1. The van der Waals surface area contributed by atoms with Gasteiger partial charge in [0.25, 0.3) is 0 Å². The molecule has 6 nitrogen and oxygen atoms in total. The van der Waals surface area contributed by atoms with Crippen LogP contribution >= 0.6 is 35.3 Å². The molecule has 0 aliphatic carbocycles. The van der Waals surface area contributed by atoms with Gasteiger partial charge in [0, 0.05) is 50.3 Å². The molecule has 0 aromatic carbocycles. The van der Waals surface area contributed by atoms with Crippen LogP contribution < -0.4 is 15.5 Å². The smallest absolute Gasteiger partial charge is 0.191 e. The van der Waals surface area contributed by atoms with E-state index in [-0.39, 0.29) is 24.0 Å². The van der Waals surface area contributed by atoms with E-state index < -0.39 is 0 Å². The molecule has 0 amide bonds. The second-order valence-corrected chi connectivity index (χ2v) is 8.81. The highest BCUT2D eigenvalue weighted by Gasteiger charge is 2.15. The van der Waals surface area contributed by atoms with Crippen LogP contribution in [0.15, 0.2) is 40.8 Å². The van der Waals surface area contributed by atoms with E-state index in [0.717, 1.165) is 57.5 Å². The van der Waals surface area contributed by atoms with Gasteiger partial charge in [-0.3, -0.25) is 0 Å². The predicted molar refractivity (Wildman–Crippen MR) is 139 cm³/mol. The molecule has 166 valence electrons. The summed E-state index contributed by atoms with van der Waals surface area (Å²) in [4.78, 5) is 15.5. The Hall–Kier alpha value is -1.39. The van der Waals surface area contributed by atoms with Crippen LogP contribution in [0.5, 0.6) is 0 Å². The third-order valence-corrected chi connectivity index (χ3v) is 6.05. The Morgan fingerprint density at radius 1 is 1.23 bits per heavy atom. The van der Waals surface area contributed by atoms with Crippen molar-refractivity contribution in [3.63, 3.8) is 0 Å². The summed E-state index contributed by atoms with van der Waals surface area (Å²) in [7, 11) is 2.17. The molecule has 1 saturated heterocycles. The highest BCUT2D eigenvalue weighted by Crippen LogP contribution is 2.16. The molecule has 3 heterocycles. The Bertz CT molecular complexity index is 759. The van der Waals surface area contributed by atoms with Gasteiger partial charge in [0.05, 0.1) is 6.54 Å². The van der Waals surface area contributed by atoms with Crippen molar-refractivity contribution in [3.05, 3.63) is 46.3 Å². The summed E-state index contributed by atoms with van der Waals surface area (Å²) in [6.07, 6.45) is 3.00. The van der Waals surface area contributed by atoms with Crippen molar-refractivity contribution in [3.8, 4) is 0 Å². The highest BCUT2D eigenvalue weighted by atomic mass is 127. The maximum atomic E-state index is 4.79. The number of guanidine groups is 1. The zero-order chi connectivity index (χ0) is 20.5. The van der Waals surface area contributed by atoms with Crippen molar-refractivity contribution in [2.75, 3.05) is 51.2 Å². The van der Waals surface area contributed by atoms with E-state index in [1.165, 1.54) is 10.4 Å². The number of aliphatic imine (C=N–C) groups is 1. The van der Waals surface area contributed by atoms with Crippen molar-refractivity contribution in [1.82, 2.24) is 20.5 Å². The standard InChI is InChI=1S/C22H34N6S.HI/c1-4-23-22(25-16-18(2)14-20-6-5-13-29-20)26-17-19-7-8-24-21(15-19)28-11-9-27(3)10-12-28;/h5-8,13,15,18H,4,9-12,14,16-17H2,1-3H3,(H2,23,25,26);1H. The summed E-state index contributed by atoms with van der Waals surface area (Å²) in [5.41, 5.74) is 1.19. The maximum absolute atomic E-state index is 4.79. The van der Waals surface area contributed by atoms with Gasteiger partial charge in [-0.2, -0.15) is 0 Å². The fourth-order valence-corrected chi connectivity index (χ4v) is 4.26. The number of nitrogens with zero attached hydrogens (tertiary/aromatic N) is 4. The molecule has 1 atom stereocenters. The minimum atomic E-state index is 0. The largest absolute Gasteiger partial charge is 0.357 e. The maximum Gasteiger partial charge on any atom is 0.191 e. The first kappa shape index (κ1) is 24.9. The van der Waals surface area contributed by atoms with Gasteiger partial charge in [-0.05, 0) is 55.5 Å². The van der Waals surface area contributed by atoms with Crippen LogP contribution in [0.25, 0.3) is 0 Å². The monoisotopic (exact) mass is 542 g/mol. The summed E-state index contributed by atoms with van der Waals surface area (Å²) in [6.45, 7) is 11.0. The summed E-state index contributed by atoms with van der Waals surface area (Å²) >= 11 is 1.83. The van der Waals surface area contributed by atoms with Crippen molar-refractivity contribution in [2.45, 2.75) is 26.8 Å². The molecule has 2 aromatic heterocycles. The third kappa shape index (κ3) is 8.03. The van der Waals surface area contributed by atoms with E-state index in [9.17, 15) is 0 Å². The quantitative estimate of drug-likeness (QED) is 0.304. The Morgan fingerprint density at radius 2 is 2.03 bits per heavy atom. The number of piperazine rings is 1. The van der Waals surface area contributed by atoms with Crippen LogP contribution in [-0.4, -0.2) is 62.2 Å². The molecule has 1 aliphatic rings. The number of hydrogen-bond donors (Lipinski definition) is 2. The van der Waals surface area contributed by atoms with Crippen LogP contribution in [0.3, 0.4) is 0 Å². The predicted octanol–water partition coefficient (Wildman–Crippen LogP) is 3.45. The van der Waals surface area contributed by atoms with E-state index in [2.05, 4.69) is 76.0 Å². The van der Waals surface area contributed by atoms with E-state index in [4.69, 9.17) is 4.99 Å². The summed E-state index contributed by atoms with van der Waals surface area (Å²) in [6, 6.07) is 8.57. The number of halogens is 1. The lowest BCUT2D eigenvalue weighted by molar-refractivity contribution is 0.312. The second-order valence-electron chi connectivity index (χ2n) is 7.78. The zero-order valence-electron chi connectivity index (χ0n) is 18.3. The minimum Gasteiger partial charge on any atom is -0.357 e. The molecule has 30 heavy (non-hydrogen) atoms. The Balaban J connectivity index is 0.00000320. The molecule has 0 saturated carbocycles. The second kappa shape index (κ2) is 13.1. The number of aromatic nitrogens is 1. The van der Waals surface area contributed by atoms with E-state index in [0.29, 0.717) is 12.5 Å². The molecule has 2 N–H and O–H groups in total. The first-order valence-electron chi connectivity index (χ1n) is 10.6. The average molecular weight is 543 g/mol. The third-order valence-electron chi connectivity index (χ3n) is 5.15. The van der Waals surface area contributed by atoms with Gasteiger partial charge < -0.3 is 20.4 Å². The van der Waals surface area contributed by atoms with Gasteiger partial charge in [0.15, 0.2) is 5.96 Å². The lowest BCUT2D eigenvalue weighted by Crippen LogP contribution is -2.44. The van der Waals surface area contributed by atoms with Crippen molar-refractivity contribution in [2.24, 2.45) is 10.9 Å². The van der Waals surface area contributed by atoms with Crippen molar-refractivity contribution >= 4 is 47.1 Å². The number of rotatable bonds is 8. The lowest BCUT2D eigenvalue weighted by Gasteiger charge is -2.33. The zero-order valence-corrected chi connectivity index (χ0v) is 21.5. The van der Waals surface area contributed by atoms with Gasteiger partial charge in [-0.15, -0.1) is 35.3 Å². The topological polar surface area (TPSA) is 55.8 Å². The first-order chi connectivity index (χ1) is 14.1. The number of hydrogen-bond acceptors (Lipinski definition) is 5. The van der Waals surface area contributed by atoms with Crippen LogP contribution in [0.2, 0.25) is 0 Å². The Labute approximate surface area is 202 Å². The fraction of sp³-hybridized carbons (Fsp3) is 0.545.